The first-order chi connectivity index (χ1) is 10.3. The molecule has 0 spiro atoms. The van der Waals surface area contributed by atoms with Gasteiger partial charge in [0.05, 0.1) is 10.8 Å². The third-order valence-electron chi connectivity index (χ3n) is 3.45. The number of carboxylic acid groups (broad SMARTS) is 1. The molecule has 120 valence electrons. The second kappa shape index (κ2) is 6.41. The highest BCUT2D eigenvalue weighted by molar-refractivity contribution is 7.90. The monoisotopic (exact) mass is 327 g/mol. The largest absolute Gasteiger partial charge is 0.477 e. The summed E-state index contributed by atoms with van der Waals surface area (Å²) in [6.07, 6.45) is 1.57. The van der Waals surface area contributed by atoms with Gasteiger partial charge in [0, 0.05) is 25.8 Å². The van der Waals surface area contributed by atoms with Crippen LogP contribution in [-0.4, -0.2) is 60.2 Å². The third kappa shape index (κ3) is 3.42. The number of carbonyl (C=O) groups is 2. The molecule has 1 fully saturated rings. The summed E-state index contributed by atoms with van der Waals surface area (Å²) in [4.78, 5) is 28.1. The fourth-order valence-corrected chi connectivity index (χ4v) is 3.74. The lowest BCUT2D eigenvalue weighted by molar-refractivity contribution is 0.0688. The minimum atomic E-state index is -3.41. The predicted molar refractivity (Wildman–Crippen MR) is 78.1 cm³/mol. The van der Waals surface area contributed by atoms with Gasteiger partial charge in [0.25, 0.3) is 5.91 Å². The lowest BCUT2D eigenvalue weighted by Gasteiger charge is -2.16. The predicted octanol–water partition coefficient (Wildman–Crippen LogP) is -0.0664. The highest BCUT2D eigenvalue weighted by atomic mass is 32.2. The van der Waals surface area contributed by atoms with Gasteiger partial charge in [-0.15, -0.1) is 0 Å². The second-order valence-electron chi connectivity index (χ2n) is 4.94. The first-order valence-electron chi connectivity index (χ1n) is 6.82. The van der Waals surface area contributed by atoms with Crippen molar-refractivity contribution in [3.8, 4) is 0 Å². The summed E-state index contributed by atoms with van der Waals surface area (Å²) in [6.45, 7) is 2.47. The van der Waals surface area contributed by atoms with Gasteiger partial charge < -0.3 is 10.0 Å². The molecule has 2 heterocycles. The van der Waals surface area contributed by atoms with Gasteiger partial charge in [-0.1, -0.05) is 6.92 Å². The van der Waals surface area contributed by atoms with Crippen LogP contribution in [0.25, 0.3) is 0 Å². The topological polar surface area (TPSA) is 117 Å². The summed E-state index contributed by atoms with van der Waals surface area (Å²) < 4.78 is 26.3. The average molecular weight is 327 g/mol. The van der Waals surface area contributed by atoms with Crippen LogP contribution in [0, 0.1) is 0 Å². The summed E-state index contributed by atoms with van der Waals surface area (Å²) in [5.41, 5.74) is 0.0945. The maximum absolute atomic E-state index is 12.3. The van der Waals surface area contributed by atoms with Crippen LogP contribution in [-0.2, 0) is 10.0 Å². The number of nitrogens with zero attached hydrogens (tertiary/aromatic N) is 2. The smallest absolute Gasteiger partial charge is 0.354 e. The first kappa shape index (κ1) is 16.4. The van der Waals surface area contributed by atoms with Gasteiger partial charge in [0.2, 0.25) is 10.0 Å². The van der Waals surface area contributed by atoms with Crippen molar-refractivity contribution in [3.05, 3.63) is 29.6 Å². The van der Waals surface area contributed by atoms with E-state index in [1.807, 2.05) is 0 Å². The van der Waals surface area contributed by atoms with Crippen LogP contribution in [0.1, 0.15) is 34.2 Å². The zero-order valence-electron chi connectivity index (χ0n) is 12.0. The number of likely N-dealkylation sites (tertiary alicyclic amines) is 1. The third-order valence-corrected chi connectivity index (χ3v) is 5.40. The molecule has 0 bridgehead atoms. The second-order valence-corrected chi connectivity index (χ2v) is 6.99. The molecule has 1 aliphatic rings. The number of pyridine rings is 1. The molecule has 0 aliphatic carbocycles. The Bertz CT molecular complexity index is 671. The Morgan fingerprint density at radius 2 is 2.18 bits per heavy atom. The van der Waals surface area contributed by atoms with E-state index in [-0.39, 0.29) is 23.7 Å². The molecule has 22 heavy (non-hydrogen) atoms. The number of sulfonamides is 1. The van der Waals surface area contributed by atoms with E-state index in [0.717, 1.165) is 0 Å². The van der Waals surface area contributed by atoms with Gasteiger partial charge in [0.1, 0.15) is 5.69 Å². The molecule has 1 aromatic rings. The fourth-order valence-electron chi connectivity index (χ4n) is 2.31. The van der Waals surface area contributed by atoms with Gasteiger partial charge in [0.15, 0.2) is 0 Å². The van der Waals surface area contributed by atoms with Crippen molar-refractivity contribution < 1.29 is 23.1 Å². The van der Waals surface area contributed by atoms with Crippen molar-refractivity contribution in [1.82, 2.24) is 14.6 Å². The highest BCUT2D eigenvalue weighted by Gasteiger charge is 2.35. The number of aromatic nitrogens is 1. The molecule has 1 unspecified atom stereocenters. The number of rotatable bonds is 5. The number of carboxylic acids is 1. The first-order valence-corrected chi connectivity index (χ1v) is 8.37. The van der Waals surface area contributed by atoms with E-state index in [2.05, 4.69) is 9.71 Å². The number of hydrogen-bond acceptors (Lipinski definition) is 5. The van der Waals surface area contributed by atoms with Gasteiger partial charge in [-0.3, -0.25) is 4.79 Å². The van der Waals surface area contributed by atoms with Gasteiger partial charge >= 0.3 is 5.97 Å². The molecule has 1 aliphatic heterocycles. The summed E-state index contributed by atoms with van der Waals surface area (Å²) >= 11 is 0. The number of carbonyl (C=O) groups excluding carboxylic acids is 1. The molecule has 0 aromatic carbocycles. The Labute approximate surface area is 128 Å². The number of nitrogens with one attached hydrogen (secondary N) is 1. The minimum Gasteiger partial charge on any atom is -0.477 e. The molecule has 0 saturated carbocycles. The zero-order valence-corrected chi connectivity index (χ0v) is 12.8. The van der Waals surface area contributed by atoms with Crippen LogP contribution in [0.15, 0.2) is 18.3 Å². The van der Waals surface area contributed by atoms with Crippen molar-refractivity contribution in [2.45, 2.75) is 18.6 Å². The Hall–Kier alpha value is -2.00. The lowest BCUT2D eigenvalue weighted by Crippen LogP contribution is -2.37. The normalized spacial score (nSPS) is 18.4. The summed E-state index contributed by atoms with van der Waals surface area (Å²) in [6, 6.07) is 2.63. The van der Waals surface area contributed by atoms with Crippen molar-refractivity contribution in [2.24, 2.45) is 0 Å². The van der Waals surface area contributed by atoms with Crippen LogP contribution in [0.5, 0.6) is 0 Å². The van der Waals surface area contributed by atoms with Crippen LogP contribution in [0.4, 0.5) is 0 Å². The van der Waals surface area contributed by atoms with E-state index in [1.54, 1.807) is 6.92 Å². The summed E-state index contributed by atoms with van der Waals surface area (Å²) in [7, 11) is -3.41. The lowest BCUT2D eigenvalue weighted by atomic mass is 10.2. The fraction of sp³-hybridized carbons (Fsp3) is 0.462. The van der Waals surface area contributed by atoms with E-state index in [1.165, 1.54) is 23.2 Å². The Morgan fingerprint density at radius 3 is 2.73 bits per heavy atom. The van der Waals surface area contributed by atoms with Crippen molar-refractivity contribution in [2.75, 3.05) is 19.6 Å². The van der Waals surface area contributed by atoms with Crippen LogP contribution in [0.3, 0.4) is 0 Å². The molecule has 0 radical (unpaired) electrons. The Balaban J connectivity index is 2.07. The zero-order chi connectivity index (χ0) is 16.3. The molecule has 2 rings (SSSR count). The van der Waals surface area contributed by atoms with Crippen molar-refractivity contribution in [3.63, 3.8) is 0 Å². The molecule has 2 N–H and O–H groups in total. The van der Waals surface area contributed by atoms with Gasteiger partial charge in [-0.25, -0.2) is 22.9 Å². The quantitative estimate of drug-likeness (QED) is 0.782. The number of hydrogen-bond donors (Lipinski definition) is 2. The van der Waals surface area contributed by atoms with E-state index in [9.17, 15) is 18.0 Å². The molecule has 1 atom stereocenters. The standard InChI is InChI=1S/C13H17N3O5S/c1-2-15-22(20,21)10-5-6-16(8-10)12(17)9-3-4-11(13(18)19)14-7-9/h3-4,7,10,15H,2,5-6,8H2,1H3,(H,18,19). The number of amides is 1. The van der Waals surface area contributed by atoms with Gasteiger partial charge in [-0.2, -0.15) is 0 Å². The molecule has 9 heteroatoms. The average Bonchev–Trinajstić information content (AvgIpc) is 2.97. The molecule has 1 saturated heterocycles. The highest BCUT2D eigenvalue weighted by Crippen LogP contribution is 2.18. The Kier molecular flexibility index (Phi) is 4.77. The Morgan fingerprint density at radius 1 is 1.45 bits per heavy atom. The molecule has 1 aromatic heterocycles. The molecular formula is C13H17N3O5S. The van der Waals surface area contributed by atoms with Crippen LogP contribution in [0.2, 0.25) is 0 Å². The van der Waals surface area contributed by atoms with Gasteiger partial charge in [-0.05, 0) is 18.6 Å². The molecular weight excluding hydrogens is 310 g/mol. The maximum Gasteiger partial charge on any atom is 0.354 e. The molecule has 8 nitrogen and oxygen atoms in total. The summed E-state index contributed by atoms with van der Waals surface area (Å²) in [5, 5.41) is 8.15. The number of aromatic carboxylic acids is 1. The van der Waals surface area contributed by atoms with Crippen LogP contribution >= 0.6 is 0 Å². The molecule has 1 amide bonds. The van der Waals surface area contributed by atoms with E-state index in [4.69, 9.17) is 5.11 Å². The van der Waals surface area contributed by atoms with E-state index < -0.39 is 21.2 Å². The van der Waals surface area contributed by atoms with Crippen LogP contribution < -0.4 is 4.72 Å². The SMILES string of the molecule is CCNS(=O)(=O)C1CCN(C(=O)c2ccc(C(=O)O)nc2)C1. The summed E-state index contributed by atoms with van der Waals surface area (Å²) in [5.74, 6) is -1.52. The minimum absolute atomic E-state index is 0.120. The van der Waals surface area contributed by atoms with Crippen molar-refractivity contribution in [1.29, 1.82) is 0 Å². The van der Waals surface area contributed by atoms with Crippen molar-refractivity contribution >= 4 is 21.9 Å². The maximum atomic E-state index is 12.3. The van der Waals surface area contributed by atoms with E-state index >= 15 is 0 Å². The van der Waals surface area contributed by atoms with E-state index in [0.29, 0.717) is 19.5 Å².